The largest absolute Gasteiger partial charge is 0.463 e. The molecule has 0 atom stereocenters. The van der Waals surface area contributed by atoms with Gasteiger partial charge in [0.05, 0.1) is 22.3 Å². The Bertz CT molecular complexity index is 1260. The molecule has 0 aliphatic carbocycles. The van der Waals surface area contributed by atoms with Crippen LogP contribution in [-0.4, -0.2) is 9.91 Å². The fourth-order valence-electron chi connectivity index (χ4n) is 2.80. The summed E-state index contributed by atoms with van der Waals surface area (Å²) in [5.41, 5.74) is 2.11. The van der Waals surface area contributed by atoms with E-state index in [1.54, 1.807) is 55.7 Å². The molecule has 0 radical (unpaired) electrons. The van der Waals surface area contributed by atoms with Crippen LogP contribution in [0.2, 0.25) is 0 Å². The Labute approximate surface area is 169 Å². The molecular weight excluding hydrogens is 390 g/mol. The van der Waals surface area contributed by atoms with Crippen molar-refractivity contribution < 1.29 is 13.8 Å². The van der Waals surface area contributed by atoms with E-state index in [1.807, 2.05) is 5.38 Å². The summed E-state index contributed by atoms with van der Waals surface area (Å²) in [6.45, 7) is 1.79. The van der Waals surface area contributed by atoms with Crippen molar-refractivity contribution >= 4 is 28.7 Å². The van der Waals surface area contributed by atoms with E-state index in [0.29, 0.717) is 39.1 Å². The summed E-state index contributed by atoms with van der Waals surface area (Å²) in [5.74, 6) is 1.38. The van der Waals surface area contributed by atoms with Crippen LogP contribution in [0, 0.1) is 28.4 Å². The van der Waals surface area contributed by atoms with Crippen molar-refractivity contribution in [2.24, 2.45) is 0 Å². The molecule has 4 rings (SSSR count). The summed E-state index contributed by atoms with van der Waals surface area (Å²) in [5, 5.41) is 23.2. The van der Waals surface area contributed by atoms with Crippen LogP contribution in [0.15, 0.2) is 62.9 Å². The van der Waals surface area contributed by atoms with E-state index in [2.05, 4.69) is 11.1 Å². The molecule has 3 aromatic heterocycles. The number of hydrogen-bond acceptors (Lipinski definition) is 7. The predicted octanol–water partition coefficient (Wildman–Crippen LogP) is 5.94. The minimum atomic E-state index is -0.438. The number of benzene rings is 1. The minimum Gasteiger partial charge on any atom is -0.463 e. The zero-order valence-corrected chi connectivity index (χ0v) is 16.0. The summed E-state index contributed by atoms with van der Waals surface area (Å²) in [6.07, 6.45) is 3.12. The van der Waals surface area contributed by atoms with Crippen LogP contribution in [-0.2, 0) is 0 Å². The predicted molar refractivity (Wildman–Crippen MR) is 109 cm³/mol. The molecule has 29 heavy (non-hydrogen) atoms. The highest BCUT2D eigenvalue weighted by molar-refractivity contribution is 7.11. The topological polar surface area (TPSA) is 106 Å². The van der Waals surface area contributed by atoms with Gasteiger partial charge in [0.15, 0.2) is 5.76 Å². The zero-order valence-electron chi connectivity index (χ0n) is 15.2. The molecule has 0 bridgehead atoms. The Morgan fingerprint density at radius 1 is 1.28 bits per heavy atom. The first kappa shape index (κ1) is 18.4. The molecule has 4 aromatic rings. The van der Waals surface area contributed by atoms with Gasteiger partial charge >= 0.3 is 0 Å². The Balaban J connectivity index is 1.67. The van der Waals surface area contributed by atoms with Gasteiger partial charge in [-0.25, -0.2) is 4.98 Å². The number of nitrogens with zero attached hydrogens (tertiary/aromatic N) is 3. The van der Waals surface area contributed by atoms with E-state index in [0.717, 1.165) is 5.56 Å². The highest BCUT2D eigenvalue weighted by Gasteiger charge is 2.18. The number of aromatic nitrogens is 1. The van der Waals surface area contributed by atoms with Crippen molar-refractivity contribution in [1.82, 2.24) is 4.98 Å². The van der Waals surface area contributed by atoms with Crippen molar-refractivity contribution in [3.63, 3.8) is 0 Å². The monoisotopic (exact) mass is 403 g/mol. The van der Waals surface area contributed by atoms with Crippen molar-refractivity contribution in [3.05, 3.63) is 80.6 Å². The highest BCUT2D eigenvalue weighted by atomic mass is 32.1. The second kappa shape index (κ2) is 7.58. The maximum atomic E-state index is 11.4. The Hall–Kier alpha value is -3.96. The molecule has 3 heterocycles. The second-order valence-electron chi connectivity index (χ2n) is 6.16. The van der Waals surface area contributed by atoms with Gasteiger partial charge in [0.1, 0.15) is 28.3 Å². The summed E-state index contributed by atoms with van der Waals surface area (Å²) in [7, 11) is 0. The van der Waals surface area contributed by atoms with Gasteiger partial charge in [0.2, 0.25) is 0 Å². The van der Waals surface area contributed by atoms with Gasteiger partial charge in [-0.2, -0.15) is 5.26 Å². The van der Waals surface area contributed by atoms with E-state index < -0.39 is 4.92 Å². The number of nitriles is 1. The molecule has 8 heteroatoms. The van der Waals surface area contributed by atoms with Crippen LogP contribution in [0.25, 0.3) is 34.4 Å². The number of nitro benzene ring substituents is 1. The van der Waals surface area contributed by atoms with Crippen LogP contribution in [0.3, 0.4) is 0 Å². The molecular formula is C21H13N3O4S. The molecule has 0 saturated carbocycles. The van der Waals surface area contributed by atoms with E-state index >= 15 is 0 Å². The lowest BCUT2D eigenvalue weighted by Crippen LogP contribution is -1.92. The molecule has 1 aromatic carbocycles. The van der Waals surface area contributed by atoms with Gasteiger partial charge in [0.25, 0.3) is 5.69 Å². The third-order valence-electron chi connectivity index (χ3n) is 4.16. The summed E-state index contributed by atoms with van der Waals surface area (Å²) >= 11 is 1.32. The molecule has 0 amide bonds. The third kappa shape index (κ3) is 3.72. The molecule has 0 aliphatic rings. The highest BCUT2D eigenvalue weighted by Crippen LogP contribution is 2.33. The molecule has 0 aliphatic heterocycles. The Morgan fingerprint density at radius 2 is 2.14 bits per heavy atom. The number of nitro groups is 1. The van der Waals surface area contributed by atoms with Crippen LogP contribution in [0.4, 0.5) is 5.69 Å². The van der Waals surface area contributed by atoms with Crippen LogP contribution in [0.5, 0.6) is 0 Å². The van der Waals surface area contributed by atoms with Gasteiger partial charge in [-0.1, -0.05) is 6.07 Å². The van der Waals surface area contributed by atoms with E-state index in [1.165, 1.54) is 17.4 Å². The number of thiazole rings is 1. The van der Waals surface area contributed by atoms with Crippen LogP contribution >= 0.6 is 11.3 Å². The maximum absolute atomic E-state index is 11.4. The molecule has 0 N–H and O–H groups in total. The van der Waals surface area contributed by atoms with E-state index in [-0.39, 0.29) is 5.69 Å². The SMILES string of the molecule is Cc1ccc(-c2ccc(/C=C(\C#N)c3nc(-c4ccco4)cs3)o2)c([N+](=O)[O-])c1. The average molecular weight is 403 g/mol. The quantitative estimate of drug-likeness (QED) is 0.232. The van der Waals surface area contributed by atoms with Gasteiger partial charge < -0.3 is 8.83 Å². The van der Waals surface area contributed by atoms with E-state index in [9.17, 15) is 15.4 Å². The van der Waals surface area contributed by atoms with Crippen molar-refractivity contribution in [3.8, 4) is 28.8 Å². The first-order valence-corrected chi connectivity index (χ1v) is 9.40. The summed E-state index contributed by atoms with van der Waals surface area (Å²) in [4.78, 5) is 15.4. The van der Waals surface area contributed by atoms with Crippen LogP contribution in [0.1, 0.15) is 16.3 Å². The van der Waals surface area contributed by atoms with Gasteiger partial charge in [0, 0.05) is 17.5 Å². The molecule has 7 nitrogen and oxygen atoms in total. The van der Waals surface area contributed by atoms with Gasteiger partial charge in [-0.15, -0.1) is 11.3 Å². The first-order chi connectivity index (χ1) is 14.0. The number of rotatable bonds is 5. The number of allylic oxidation sites excluding steroid dienone is 1. The first-order valence-electron chi connectivity index (χ1n) is 8.52. The van der Waals surface area contributed by atoms with Crippen molar-refractivity contribution in [2.45, 2.75) is 6.92 Å². The van der Waals surface area contributed by atoms with Crippen molar-refractivity contribution in [1.29, 1.82) is 5.26 Å². The summed E-state index contributed by atoms with van der Waals surface area (Å²) < 4.78 is 11.1. The zero-order chi connectivity index (χ0) is 20.4. The average Bonchev–Trinajstić information content (AvgIpc) is 3.46. The molecule has 0 unspecified atom stereocenters. The molecule has 0 fully saturated rings. The maximum Gasteiger partial charge on any atom is 0.280 e. The third-order valence-corrected chi connectivity index (χ3v) is 5.03. The fraction of sp³-hybridized carbons (Fsp3) is 0.0476. The number of furan rings is 2. The van der Waals surface area contributed by atoms with Gasteiger partial charge in [-0.05, 0) is 42.8 Å². The fourth-order valence-corrected chi connectivity index (χ4v) is 3.57. The summed E-state index contributed by atoms with van der Waals surface area (Å²) in [6, 6.07) is 13.9. The molecule has 142 valence electrons. The normalized spacial score (nSPS) is 11.4. The van der Waals surface area contributed by atoms with Gasteiger partial charge in [-0.3, -0.25) is 10.1 Å². The van der Waals surface area contributed by atoms with Crippen LogP contribution < -0.4 is 0 Å². The molecule has 0 saturated heterocycles. The van der Waals surface area contributed by atoms with Crippen molar-refractivity contribution in [2.75, 3.05) is 0 Å². The number of hydrogen-bond donors (Lipinski definition) is 0. The lowest BCUT2D eigenvalue weighted by molar-refractivity contribution is -0.384. The number of aryl methyl sites for hydroxylation is 1. The molecule has 0 spiro atoms. The smallest absolute Gasteiger partial charge is 0.280 e. The lowest BCUT2D eigenvalue weighted by Gasteiger charge is -2.01. The Morgan fingerprint density at radius 3 is 2.86 bits per heavy atom. The Kier molecular flexibility index (Phi) is 4.81. The minimum absolute atomic E-state index is 0.0293. The lowest BCUT2D eigenvalue weighted by atomic mass is 10.1. The second-order valence-corrected chi connectivity index (χ2v) is 7.02. The standard InChI is InChI=1S/C21H13N3O4S/c1-13-4-6-16(18(9-13)24(25)26)19-7-5-15(28-19)10-14(11-22)21-23-17(12-29-21)20-3-2-8-27-20/h2-10,12H,1H3/b14-10+. The van der Waals surface area contributed by atoms with E-state index in [4.69, 9.17) is 8.83 Å².